The summed E-state index contributed by atoms with van der Waals surface area (Å²) in [5.74, 6) is 0.745. The van der Waals surface area contributed by atoms with Crippen molar-refractivity contribution in [3.05, 3.63) is 16.2 Å². The molecule has 1 N–H and O–H groups in total. The Morgan fingerprint density at radius 2 is 2.20 bits per heavy atom. The summed E-state index contributed by atoms with van der Waals surface area (Å²) in [4.78, 5) is 10.7. The first kappa shape index (κ1) is 15.4. The minimum atomic E-state index is -0.0342. The van der Waals surface area contributed by atoms with Crippen LogP contribution in [0.5, 0.6) is 0 Å². The monoisotopic (exact) mass is 315 g/mol. The molecule has 0 amide bonds. The molecule has 20 heavy (non-hydrogen) atoms. The molecular weight excluding hydrogens is 298 g/mol. The van der Waals surface area contributed by atoms with Gasteiger partial charge in [-0.3, -0.25) is 0 Å². The van der Waals surface area contributed by atoms with Gasteiger partial charge in [0, 0.05) is 25.6 Å². The number of hydrogen-bond donors (Lipinski definition) is 1. The van der Waals surface area contributed by atoms with Gasteiger partial charge in [0.15, 0.2) is 0 Å². The third-order valence-electron chi connectivity index (χ3n) is 2.95. The maximum Gasteiger partial charge on any atom is 0.225 e. The first-order valence-electron chi connectivity index (χ1n) is 6.39. The topological polar surface area (TPSA) is 56.3 Å². The molecule has 2 aromatic heterocycles. The van der Waals surface area contributed by atoms with E-state index in [1.165, 1.54) is 4.88 Å². The first-order valence-corrected chi connectivity index (χ1v) is 7.59. The molecule has 2 aromatic rings. The van der Waals surface area contributed by atoms with E-state index in [0.717, 1.165) is 22.5 Å². The lowest BCUT2D eigenvalue weighted by Crippen LogP contribution is -2.27. The van der Waals surface area contributed by atoms with E-state index in [1.807, 2.05) is 0 Å². The average molecular weight is 316 g/mol. The van der Waals surface area contributed by atoms with Gasteiger partial charge in [-0.25, -0.2) is 9.97 Å². The van der Waals surface area contributed by atoms with E-state index in [-0.39, 0.29) is 11.4 Å². The quantitative estimate of drug-likeness (QED) is 0.796. The molecule has 0 aliphatic carbocycles. The van der Waals surface area contributed by atoms with Crippen molar-refractivity contribution in [2.45, 2.75) is 19.4 Å². The normalized spacial score (nSPS) is 12.8. The van der Waals surface area contributed by atoms with Crippen molar-refractivity contribution < 1.29 is 9.47 Å². The molecule has 0 fully saturated rings. The molecule has 5 nitrogen and oxygen atoms in total. The molecule has 0 aliphatic rings. The number of thiophene rings is 1. The number of halogens is 1. The maximum atomic E-state index is 5.98. The van der Waals surface area contributed by atoms with Crippen LogP contribution in [0.4, 0.5) is 5.82 Å². The Hall–Kier alpha value is -0.950. The van der Waals surface area contributed by atoms with Crippen LogP contribution < -0.4 is 5.32 Å². The van der Waals surface area contributed by atoms with Gasteiger partial charge in [0.1, 0.15) is 10.6 Å². The summed E-state index contributed by atoms with van der Waals surface area (Å²) in [5.41, 5.74) is 0. The number of fused-ring (bicyclic) bond motifs is 1. The molecular formula is C13H18ClN3O2S. The van der Waals surface area contributed by atoms with Gasteiger partial charge < -0.3 is 14.8 Å². The summed E-state index contributed by atoms with van der Waals surface area (Å²) in [5, 5.41) is 4.53. The standard InChI is InChI=1S/C13H18ClN3O2S/c1-4-9-5-10-11(15-6-8(19-3)7-18-2)16-13(14)17-12(10)20-9/h5,8H,4,6-7H2,1-3H3,(H,15,16,17). The fourth-order valence-corrected chi connectivity index (χ4v) is 3.05. The summed E-state index contributed by atoms with van der Waals surface area (Å²) < 4.78 is 10.4. The van der Waals surface area contributed by atoms with Crippen LogP contribution in [0.25, 0.3) is 10.2 Å². The van der Waals surface area contributed by atoms with E-state index < -0.39 is 0 Å². The molecule has 110 valence electrons. The number of aromatic nitrogens is 2. The Morgan fingerprint density at radius 1 is 1.40 bits per heavy atom. The van der Waals surface area contributed by atoms with E-state index in [4.69, 9.17) is 21.1 Å². The predicted octanol–water partition coefficient (Wildman–Crippen LogP) is 2.98. The van der Waals surface area contributed by atoms with Crippen molar-refractivity contribution in [1.82, 2.24) is 9.97 Å². The largest absolute Gasteiger partial charge is 0.382 e. The lowest BCUT2D eigenvalue weighted by atomic mass is 10.3. The van der Waals surface area contributed by atoms with Crippen LogP contribution in [0.3, 0.4) is 0 Å². The molecule has 2 rings (SSSR count). The smallest absolute Gasteiger partial charge is 0.225 e. The number of rotatable bonds is 7. The highest BCUT2D eigenvalue weighted by Gasteiger charge is 2.12. The van der Waals surface area contributed by atoms with E-state index >= 15 is 0 Å². The fraction of sp³-hybridized carbons (Fsp3) is 0.538. The zero-order valence-corrected chi connectivity index (χ0v) is 13.3. The zero-order chi connectivity index (χ0) is 14.5. The van der Waals surface area contributed by atoms with Crippen molar-refractivity contribution in [2.75, 3.05) is 32.7 Å². The molecule has 0 spiro atoms. The van der Waals surface area contributed by atoms with Crippen molar-refractivity contribution in [3.63, 3.8) is 0 Å². The molecule has 0 aliphatic heterocycles. The minimum absolute atomic E-state index is 0.0342. The first-order chi connectivity index (χ1) is 9.67. The highest BCUT2D eigenvalue weighted by Crippen LogP contribution is 2.30. The molecule has 0 saturated carbocycles. The fourth-order valence-electron chi connectivity index (χ4n) is 1.86. The number of hydrogen-bond acceptors (Lipinski definition) is 6. The lowest BCUT2D eigenvalue weighted by molar-refractivity contribution is 0.0365. The number of nitrogens with zero attached hydrogens (tertiary/aromatic N) is 2. The maximum absolute atomic E-state index is 5.98. The van der Waals surface area contributed by atoms with Gasteiger partial charge >= 0.3 is 0 Å². The van der Waals surface area contributed by atoms with Gasteiger partial charge in [-0.2, -0.15) is 0 Å². The Bertz CT molecular complexity index is 576. The van der Waals surface area contributed by atoms with E-state index in [9.17, 15) is 0 Å². The molecule has 2 heterocycles. The third-order valence-corrected chi connectivity index (χ3v) is 4.29. The van der Waals surface area contributed by atoms with Gasteiger partial charge in [-0.15, -0.1) is 11.3 Å². The number of aryl methyl sites for hydroxylation is 1. The Balaban J connectivity index is 2.21. The van der Waals surface area contributed by atoms with E-state index in [1.54, 1.807) is 25.6 Å². The summed E-state index contributed by atoms with van der Waals surface area (Å²) in [7, 11) is 3.31. The molecule has 0 radical (unpaired) electrons. The highest BCUT2D eigenvalue weighted by atomic mass is 35.5. The molecule has 7 heteroatoms. The second-order valence-electron chi connectivity index (χ2n) is 4.32. The predicted molar refractivity (Wildman–Crippen MR) is 83.0 cm³/mol. The second kappa shape index (κ2) is 7.17. The van der Waals surface area contributed by atoms with Crippen LogP contribution in [0.1, 0.15) is 11.8 Å². The molecule has 1 unspecified atom stereocenters. The van der Waals surface area contributed by atoms with Gasteiger partial charge in [-0.05, 0) is 24.1 Å². The summed E-state index contributed by atoms with van der Waals surface area (Å²) in [6, 6.07) is 2.11. The van der Waals surface area contributed by atoms with Crippen LogP contribution in [0.15, 0.2) is 6.07 Å². The SMILES string of the molecule is CCc1cc2c(NCC(COC)OC)nc(Cl)nc2s1. The Labute approximate surface area is 127 Å². The third kappa shape index (κ3) is 3.58. The van der Waals surface area contributed by atoms with Crippen molar-refractivity contribution in [3.8, 4) is 0 Å². The minimum Gasteiger partial charge on any atom is -0.382 e. The molecule has 0 aromatic carbocycles. The van der Waals surface area contributed by atoms with E-state index in [2.05, 4.69) is 28.3 Å². The zero-order valence-electron chi connectivity index (χ0n) is 11.8. The number of anilines is 1. The van der Waals surface area contributed by atoms with Gasteiger partial charge in [0.2, 0.25) is 5.28 Å². The van der Waals surface area contributed by atoms with Crippen molar-refractivity contribution >= 4 is 39.0 Å². The van der Waals surface area contributed by atoms with Gasteiger partial charge in [0.25, 0.3) is 0 Å². The van der Waals surface area contributed by atoms with Crippen LogP contribution in [-0.4, -0.2) is 43.4 Å². The van der Waals surface area contributed by atoms with Crippen LogP contribution in [0.2, 0.25) is 5.28 Å². The van der Waals surface area contributed by atoms with Crippen LogP contribution in [-0.2, 0) is 15.9 Å². The number of nitrogens with one attached hydrogen (secondary N) is 1. The lowest BCUT2D eigenvalue weighted by Gasteiger charge is -2.15. The van der Waals surface area contributed by atoms with Crippen LogP contribution >= 0.6 is 22.9 Å². The molecule has 0 bridgehead atoms. The number of ether oxygens (including phenoxy) is 2. The van der Waals surface area contributed by atoms with Crippen molar-refractivity contribution in [2.24, 2.45) is 0 Å². The summed E-state index contributed by atoms with van der Waals surface area (Å²) >= 11 is 7.62. The molecule has 1 atom stereocenters. The Morgan fingerprint density at radius 3 is 2.85 bits per heavy atom. The van der Waals surface area contributed by atoms with Gasteiger partial charge in [0.05, 0.1) is 18.1 Å². The van der Waals surface area contributed by atoms with Gasteiger partial charge in [-0.1, -0.05) is 6.92 Å². The number of methoxy groups -OCH3 is 2. The van der Waals surface area contributed by atoms with Crippen LogP contribution in [0, 0.1) is 0 Å². The Kier molecular flexibility index (Phi) is 5.54. The second-order valence-corrected chi connectivity index (χ2v) is 5.77. The van der Waals surface area contributed by atoms with Crippen molar-refractivity contribution in [1.29, 1.82) is 0 Å². The summed E-state index contributed by atoms with van der Waals surface area (Å²) in [6.45, 7) is 3.24. The molecule has 0 saturated heterocycles. The summed E-state index contributed by atoms with van der Waals surface area (Å²) in [6.07, 6.45) is 0.940. The average Bonchev–Trinajstić information content (AvgIpc) is 2.86. The van der Waals surface area contributed by atoms with E-state index in [0.29, 0.717) is 13.2 Å². The highest BCUT2D eigenvalue weighted by molar-refractivity contribution is 7.18.